The maximum Gasteiger partial charge on any atom is 0.251 e. The minimum atomic E-state index is -0.0663. The van der Waals surface area contributed by atoms with E-state index >= 15 is 0 Å². The van der Waals surface area contributed by atoms with E-state index in [1.54, 1.807) is 14.0 Å². The van der Waals surface area contributed by atoms with Crippen molar-refractivity contribution < 1.29 is 14.3 Å². The molecule has 2 amide bonds. The van der Waals surface area contributed by atoms with Crippen LogP contribution in [0.3, 0.4) is 0 Å². The van der Waals surface area contributed by atoms with Crippen LogP contribution in [0, 0.1) is 5.92 Å². The average molecular weight is 318 g/mol. The summed E-state index contributed by atoms with van der Waals surface area (Å²) in [6.45, 7) is 4.39. The van der Waals surface area contributed by atoms with Crippen LogP contribution < -0.4 is 5.32 Å². The fourth-order valence-corrected chi connectivity index (χ4v) is 2.95. The number of benzene rings is 1. The minimum Gasteiger partial charge on any atom is -0.383 e. The second kappa shape index (κ2) is 8.67. The first kappa shape index (κ1) is 17.5. The first-order valence-electron chi connectivity index (χ1n) is 8.21. The molecule has 0 saturated carbocycles. The monoisotopic (exact) mass is 318 g/mol. The molecule has 0 aromatic heterocycles. The molecule has 2 rings (SSSR count). The van der Waals surface area contributed by atoms with E-state index in [2.05, 4.69) is 5.32 Å². The predicted octanol–water partition coefficient (Wildman–Crippen LogP) is 1.86. The van der Waals surface area contributed by atoms with Crippen molar-refractivity contribution in [2.24, 2.45) is 5.92 Å². The molecule has 0 unspecified atom stereocenters. The summed E-state index contributed by atoms with van der Waals surface area (Å²) in [5.41, 5.74) is 1.93. The van der Waals surface area contributed by atoms with Crippen LogP contribution in [0.5, 0.6) is 0 Å². The summed E-state index contributed by atoms with van der Waals surface area (Å²) in [7, 11) is 1.61. The summed E-state index contributed by atoms with van der Waals surface area (Å²) in [4.78, 5) is 25.2. The van der Waals surface area contributed by atoms with Crippen molar-refractivity contribution in [3.63, 3.8) is 0 Å². The van der Waals surface area contributed by atoms with E-state index in [0.29, 0.717) is 24.6 Å². The molecule has 5 heteroatoms. The number of piperidine rings is 1. The van der Waals surface area contributed by atoms with Crippen LogP contribution in [-0.4, -0.2) is 50.1 Å². The van der Waals surface area contributed by atoms with Gasteiger partial charge in [-0.15, -0.1) is 0 Å². The van der Waals surface area contributed by atoms with Crippen molar-refractivity contribution in [3.05, 3.63) is 35.4 Å². The van der Waals surface area contributed by atoms with E-state index < -0.39 is 0 Å². The fourth-order valence-electron chi connectivity index (χ4n) is 2.95. The van der Waals surface area contributed by atoms with E-state index in [0.717, 1.165) is 32.4 Å². The zero-order valence-electron chi connectivity index (χ0n) is 14.0. The molecule has 126 valence electrons. The first-order valence-corrected chi connectivity index (χ1v) is 8.21. The van der Waals surface area contributed by atoms with Gasteiger partial charge in [0.25, 0.3) is 5.91 Å². The van der Waals surface area contributed by atoms with Gasteiger partial charge in [0.05, 0.1) is 6.61 Å². The number of nitrogens with zero attached hydrogens (tertiary/aromatic N) is 1. The lowest BCUT2D eigenvalue weighted by molar-refractivity contribution is -0.130. The highest BCUT2D eigenvalue weighted by molar-refractivity contribution is 5.94. The van der Waals surface area contributed by atoms with Gasteiger partial charge in [0.2, 0.25) is 5.91 Å². The Morgan fingerprint density at radius 3 is 2.43 bits per heavy atom. The van der Waals surface area contributed by atoms with Crippen LogP contribution in [0.15, 0.2) is 24.3 Å². The maximum absolute atomic E-state index is 11.9. The van der Waals surface area contributed by atoms with Crippen molar-refractivity contribution in [1.82, 2.24) is 10.2 Å². The van der Waals surface area contributed by atoms with Crippen LogP contribution in [0.2, 0.25) is 0 Å². The Morgan fingerprint density at radius 2 is 1.87 bits per heavy atom. The normalized spacial score (nSPS) is 15.5. The summed E-state index contributed by atoms with van der Waals surface area (Å²) < 4.78 is 4.91. The molecule has 23 heavy (non-hydrogen) atoms. The maximum atomic E-state index is 11.9. The Kier molecular flexibility index (Phi) is 6.59. The highest BCUT2D eigenvalue weighted by atomic mass is 16.5. The van der Waals surface area contributed by atoms with Crippen LogP contribution >= 0.6 is 0 Å². The summed E-state index contributed by atoms with van der Waals surface area (Å²) >= 11 is 0. The largest absolute Gasteiger partial charge is 0.383 e. The molecule has 1 aromatic carbocycles. The lowest BCUT2D eigenvalue weighted by Crippen LogP contribution is -2.37. The molecule has 5 nitrogen and oxygen atoms in total. The lowest BCUT2D eigenvalue weighted by Gasteiger charge is -2.31. The summed E-state index contributed by atoms with van der Waals surface area (Å²) in [5.74, 6) is 0.725. The zero-order valence-corrected chi connectivity index (χ0v) is 14.0. The first-order chi connectivity index (χ1) is 11.1. The van der Waals surface area contributed by atoms with Crippen molar-refractivity contribution in [3.8, 4) is 0 Å². The van der Waals surface area contributed by atoms with Crippen LogP contribution in [-0.2, 0) is 16.0 Å². The number of likely N-dealkylation sites (tertiary alicyclic amines) is 1. The van der Waals surface area contributed by atoms with E-state index in [1.165, 1.54) is 5.56 Å². The van der Waals surface area contributed by atoms with E-state index in [9.17, 15) is 9.59 Å². The number of carbonyl (C=O) groups excluding carboxylic acids is 2. The van der Waals surface area contributed by atoms with Gasteiger partial charge in [0.1, 0.15) is 0 Å². The number of nitrogens with one attached hydrogen (secondary N) is 1. The quantitative estimate of drug-likeness (QED) is 0.815. The highest BCUT2D eigenvalue weighted by Gasteiger charge is 2.20. The molecule has 1 saturated heterocycles. The van der Waals surface area contributed by atoms with Gasteiger partial charge in [0.15, 0.2) is 0 Å². The Morgan fingerprint density at radius 1 is 1.22 bits per heavy atom. The number of carbonyl (C=O) groups is 2. The third-order valence-electron chi connectivity index (χ3n) is 4.39. The Hall–Kier alpha value is -1.88. The second-order valence-corrected chi connectivity index (χ2v) is 6.10. The van der Waals surface area contributed by atoms with Crippen molar-refractivity contribution >= 4 is 11.8 Å². The molecule has 0 aliphatic carbocycles. The fraction of sp³-hybridized carbons (Fsp3) is 0.556. The minimum absolute atomic E-state index is 0.0663. The molecule has 1 aliphatic heterocycles. The summed E-state index contributed by atoms with van der Waals surface area (Å²) in [6, 6.07) is 7.81. The SMILES string of the molecule is COCCNC(=O)c1ccc(CC2CCN(C(C)=O)CC2)cc1. The number of amides is 2. The van der Waals surface area contributed by atoms with Gasteiger partial charge in [-0.05, 0) is 42.9 Å². The topological polar surface area (TPSA) is 58.6 Å². The molecule has 1 fully saturated rings. The predicted molar refractivity (Wildman–Crippen MR) is 89.3 cm³/mol. The lowest BCUT2D eigenvalue weighted by atomic mass is 9.90. The van der Waals surface area contributed by atoms with E-state index in [4.69, 9.17) is 4.74 Å². The van der Waals surface area contributed by atoms with Crippen LogP contribution in [0.25, 0.3) is 0 Å². The van der Waals surface area contributed by atoms with Crippen molar-refractivity contribution in [1.29, 1.82) is 0 Å². The molecule has 0 spiro atoms. The van der Waals surface area contributed by atoms with Crippen LogP contribution in [0.4, 0.5) is 0 Å². The molecule has 0 bridgehead atoms. The Balaban J connectivity index is 1.81. The third kappa shape index (κ3) is 5.36. The number of hydrogen-bond acceptors (Lipinski definition) is 3. The number of rotatable bonds is 6. The molecular formula is C18H26N2O3. The molecular weight excluding hydrogens is 292 g/mol. The van der Waals surface area contributed by atoms with Gasteiger partial charge in [-0.3, -0.25) is 9.59 Å². The average Bonchev–Trinajstić information content (AvgIpc) is 2.56. The van der Waals surface area contributed by atoms with E-state index in [1.807, 2.05) is 29.2 Å². The van der Waals surface area contributed by atoms with Gasteiger partial charge < -0.3 is 15.0 Å². The number of hydrogen-bond donors (Lipinski definition) is 1. The van der Waals surface area contributed by atoms with Gasteiger partial charge >= 0.3 is 0 Å². The smallest absolute Gasteiger partial charge is 0.251 e. The summed E-state index contributed by atoms with van der Waals surface area (Å²) in [5, 5.41) is 2.81. The molecule has 1 N–H and O–H groups in total. The standard InChI is InChI=1S/C18H26N2O3/c1-14(21)20-10-7-16(8-11-20)13-15-3-5-17(6-4-15)18(22)19-9-12-23-2/h3-6,16H,7-13H2,1-2H3,(H,19,22). The van der Waals surface area contributed by atoms with Gasteiger partial charge in [-0.25, -0.2) is 0 Å². The molecule has 1 aliphatic rings. The molecule has 0 atom stereocenters. The van der Waals surface area contributed by atoms with Crippen molar-refractivity contribution in [2.75, 3.05) is 33.4 Å². The molecule has 1 heterocycles. The number of methoxy groups -OCH3 is 1. The van der Waals surface area contributed by atoms with Gasteiger partial charge in [-0.2, -0.15) is 0 Å². The third-order valence-corrected chi connectivity index (χ3v) is 4.39. The molecule has 0 radical (unpaired) electrons. The van der Waals surface area contributed by atoms with Crippen molar-refractivity contribution in [2.45, 2.75) is 26.2 Å². The van der Waals surface area contributed by atoms with Crippen LogP contribution in [0.1, 0.15) is 35.7 Å². The molecule has 1 aromatic rings. The van der Waals surface area contributed by atoms with E-state index in [-0.39, 0.29) is 11.8 Å². The Labute approximate surface area is 138 Å². The number of ether oxygens (including phenoxy) is 1. The second-order valence-electron chi connectivity index (χ2n) is 6.10. The highest BCUT2D eigenvalue weighted by Crippen LogP contribution is 2.22. The summed E-state index contributed by atoms with van der Waals surface area (Å²) in [6.07, 6.45) is 3.12. The van der Waals surface area contributed by atoms with Gasteiger partial charge in [-0.1, -0.05) is 12.1 Å². The Bertz CT molecular complexity index is 520. The zero-order chi connectivity index (χ0) is 16.7. The van der Waals surface area contributed by atoms with Gasteiger partial charge in [0, 0.05) is 39.2 Å².